The van der Waals surface area contributed by atoms with Crippen LogP contribution in [0.15, 0.2) is 40.9 Å². The van der Waals surface area contributed by atoms with E-state index in [-0.39, 0.29) is 0 Å². The van der Waals surface area contributed by atoms with E-state index < -0.39 is 6.10 Å². The molecule has 2 nitrogen and oxygen atoms in total. The molecule has 1 atom stereocenters. The topological polar surface area (TPSA) is 29.5 Å². The summed E-state index contributed by atoms with van der Waals surface area (Å²) in [7, 11) is 1.64. The van der Waals surface area contributed by atoms with Gasteiger partial charge in [0.05, 0.1) is 7.11 Å². The van der Waals surface area contributed by atoms with E-state index in [2.05, 4.69) is 15.9 Å². The number of aryl methyl sites for hydroxylation is 2. The standard InChI is InChI=1S/C16H17BrO2/c1-10-5-4-6-14(15(10)17)16(18)13-8-7-12(19-3)9-11(13)2/h4-9,16,18H,1-3H3. The second-order valence-electron chi connectivity index (χ2n) is 4.60. The molecule has 0 aliphatic carbocycles. The van der Waals surface area contributed by atoms with E-state index in [0.29, 0.717) is 0 Å². The predicted octanol–water partition coefficient (Wildman–Crippen LogP) is 4.16. The van der Waals surface area contributed by atoms with Crippen LogP contribution in [0.3, 0.4) is 0 Å². The number of halogens is 1. The molecule has 0 aliphatic heterocycles. The third-order valence-electron chi connectivity index (χ3n) is 3.29. The minimum Gasteiger partial charge on any atom is -0.497 e. The average molecular weight is 321 g/mol. The van der Waals surface area contributed by atoms with E-state index in [9.17, 15) is 5.11 Å². The van der Waals surface area contributed by atoms with Crippen LogP contribution < -0.4 is 4.74 Å². The van der Waals surface area contributed by atoms with Crippen molar-refractivity contribution in [2.45, 2.75) is 20.0 Å². The third-order valence-corrected chi connectivity index (χ3v) is 4.37. The quantitative estimate of drug-likeness (QED) is 0.920. The molecule has 2 aromatic rings. The molecule has 3 heteroatoms. The maximum atomic E-state index is 10.6. The van der Waals surface area contributed by atoms with Crippen LogP contribution >= 0.6 is 15.9 Å². The smallest absolute Gasteiger partial charge is 0.119 e. The lowest BCUT2D eigenvalue weighted by molar-refractivity contribution is 0.218. The van der Waals surface area contributed by atoms with Gasteiger partial charge in [-0.15, -0.1) is 0 Å². The molecule has 0 aromatic heterocycles. The lowest BCUT2D eigenvalue weighted by Crippen LogP contribution is -2.04. The lowest BCUT2D eigenvalue weighted by Gasteiger charge is -2.17. The van der Waals surface area contributed by atoms with Crippen molar-refractivity contribution in [1.82, 2.24) is 0 Å². The van der Waals surface area contributed by atoms with Crippen molar-refractivity contribution in [3.05, 3.63) is 63.1 Å². The fourth-order valence-electron chi connectivity index (χ4n) is 2.13. The Morgan fingerprint density at radius 3 is 2.42 bits per heavy atom. The van der Waals surface area contributed by atoms with Crippen molar-refractivity contribution in [3.63, 3.8) is 0 Å². The Bertz CT molecular complexity index is 593. The molecule has 2 aromatic carbocycles. The first-order valence-corrected chi connectivity index (χ1v) is 6.91. The highest BCUT2D eigenvalue weighted by atomic mass is 79.9. The predicted molar refractivity (Wildman–Crippen MR) is 80.7 cm³/mol. The Morgan fingerprint density at radius 2 is 1.79 bits per heavy atom. The van der Waals surface area contributed by atoms with Gasteiger partial charge >= 0.3 is 0 Å². The van der Waals surface area contributed by atoms with Crippen molar-refractivity contribution in [2.75, 3.05) is 7.11 Å². The first kappa shape index (κ1) is 14.1. The van der Waals surface area contributed by atoms with Crippen molar-refractivity contribution >= 4 is 15.9 Å². The van der Waals surface area contributed by atoms with Crippen LogP contribution in [0.4, 0.5) is 0 Å². The minimum atomic E-state index is -0.639. The van der Waals surface area contributed by atoms with Crippen LogP contribution in [0.2, 0.25) is 0 Å². The molecule has 0 amide bonds. The number of hydrogen-bond donors (Lipinski definition) is 1. The van der Waals surface area contributed by atoms with Crippen LogP contribution in [0.1, 0.15) is 28.4 Å². The van der Waals surface area contributed by atoms with Crippen LogP contribution in [0, 0.1) is 13.8 Å². The number of hydrogen-bond acceptors (Lipinski definition) is 2. The fraction of sp³-hybridized carbons (Fsp3) is 0.250. The highest BCUT2D eigenvalue weighted by molar-refractivity contribution is 9.10. The van der Waals surface area contributed by atoms with Gasteiger partial charge in [0.2, 0.25) is 0 Å². The van der Waals surface area contributed by atoms with Gasteiger partial charge in [-0.3, -0.25) is 0 Å². The molecule has 1 unspecified atom stereocenters. The molecule has 0 saturated heterocycles. The second-order valence-corrected chi connectivity index (χ2v) is 5.40. The normalized spacial score (nSPS) is 12.3. The van der Waals surface area contributed by atoms with Gasteiger partial charge in [-0.2, -0.15) is 0 Å². The number of rotatable bonds is 3. The van der Waals surface area contributed by atoms with Gasteiger partial charge in [0.25, 0.3) is 0 Å². The SMILES string of the molecule is COc1ccc(C(O)c2cccc(C)c2Br)c(C)c1. The Morgan fingerprint density at radius 1 is 1.05 bits per heavy atom. The molecule has 0 radical (unpaired) electrons. The van der Waals surface area contributed by atoms with Crippen LogP contribution in [-0.4, -0.2) is 12.2 Å². The van der Waals surface area contributed by atoms with Crippen molar-refractivity contribution in [2.24, 2.45) is 0 Å². The zero-order chi connectivity index (χ0) is 14.0. The molecular weight excluding hydrogens is 304 g/mol. The number of methoxy groups -OCH3 is 1. The summed E-state index contributed by atoms with van der Waals surface area (Å²) >= 11 is 3.55. The number of benzene rings is 2. The third kappa shape index (κ3) is 2.82. The first-order chi connectivity index (χ1) is 9.04. The summed E-state index contributed by atoms with van der Waals surface area (Å²) in [6, 6.07) is 11.6. The number of ether oxygens (including phenoxy) is 1. The molecule has 1 N–H and O–H groups in total. The highest BCUT2D eigenvalue weighted by Crippen LogP contribution is 2.33. The monoisotopic (exact) mass is 320 g/mol. The number of aliphatic hydroxyl groups excluding tert-OH is 1. The van der Waals surface area contributed by atoms with E-state index >= 15 is 0 Å². The summed E-state index contributed by atoms with van der Waals surface area (Å²) in [4.78, 5) is 0. The summed E-state index contributed by atoms with van der Waals surface area (Å²) in [5.41, 5.74) is 3.91. The van der Waals surface area contributed by atoms with Crippen molar-refractivity contribution < 1.29 is 9.84 Å². The summed E-state index contributed by atoms with van der Waals surface area (Å²) in [5, 5.41) is 10.6. The van der Waals surface area contributed by atoms with E-state index in [1.807, 2.05) is 50.2 Å². The number of aliphatic hydroxyl groups is 1. The molecule has 0 spiro atoms. The molecular formula is C16H17BrO2. The van der Waals surface area contributed by atoms with Crippen molar-refractivity contribution in [1.29, 1.82) is 0 Å². The maximum Gasteiger partial charge on any atom is 0.119 e. The fourth-order valence-corrected chi connectivity index (χ4v) is 2.61. The Labute approximate surface area is 122 Å². The van der Waals surface area contributed by atoms with Gasteiger partial charge in [-0.05, 0) is 48.2 Å². The highest BCUT2D eigenvalue weighted by Gasteiger charge is 2.16. The van der Waals surface area contributed by atoms with Gasteiger partial charge in [-0.1, -0.05) is 40.2 Å². The van der Waals surface area contributed by atoms with Gasteiger partial charge in [0.15, 0.2) is 0 Å². The van der Waals surface area contributed by atoms with Gasteiger partial charge in [-0.25, -0.2) is 0 Å². The summed E-state index contributed by atoms with van der Waals surface area (Å²) in [6.45, 7) is 3.99. The van der Waals surface area contributed by atoms with E-state index in [4.69, 9.17) is 4.74 Å². The summed E-state index contributed by atoms with van der Waals surface area (Å²) in [6.07, 6.45) is -0.639. The largest absolute Gasteiger partial charge is 0.497 e. The first-order valence-electron chi connectivity index (χ1n) is 6.12. The summed E-state index contributed by atoms with van der Waals surface area (Å²) in [5.74, 6) is 0.803. The molecule has 0 aliphatic rings. The molecule has 2 rings (SSSR count). The van der Waals surface area contributed by atoms with Crippen molar-refractivity contribution in [3.8, 4) is 5.75 Å². The van der Waals surface area contributed by atoms with Crippen LogP contribution in [-0.2, 0) is 0 Å². The molecule has 0 saturated carbocycles. The lowest BCUT2D eigenvalue weighted by atomic mass is 9.96. The molecule has 19 heavy (non-hydrogen) atoms. The molecule has 0 heterocycles. The Kier molecular flexibility index (Phi) is 4.27. The minimum absolute atomic E-state index is 0.639. The van der Waals surface area contributed by atoms with Gasteiger partial charge in [0, 0.05) is 4.47 Å². The summed E-state index contributed by atoms with van der Waals surface area (Å²) < 4.78 is 6.14. The van der Waals surface area contributed by atoms with Gasteiger partial charge in [0.1, 0.15) is 11.9 Å². The molecule has 0 bridgehead atoms. The second kappa shape index (κ2) is 5.76. The maximum absolute atomic E-state index is 10.6. The van der Waals surface area contributed by atoms with E-state index in [0.717, 1.165) is 32.5 Å². The molecule has 0 fully saturated rings. The van der Waals surface area contributed by atoms with E-state index in [1.165, 1.54) is 0 Å². The van der Waals surface area contributed by atoms with E-state index in [1.54, 1.807) is 7.11 Å². The average Bonchev–Trinajstić information content (AvgIpc) is 2.41. The van der Waals surface area contributed by atoms with Gasteiger partial charge < -0.3 is 9.84 Å². The Balaban J connectivity index is 2.44. The zero-order valence-electron chi connectivity index (χ0n) is 11.3. The van der Waals surface area contributed by atoms with Crippen LogP contribution in [0.5, 0.6) is 5.75 Å². The molecule has 100 valence electrons. The Hall–Kier alpha value is -1.32. The zero-order valence-corrected chi connectivity index (χ0v) is 12.9. The van der Waals surface area contributed by atoms with Crippen LogP contribution in [0.25, 0.3) is 0 Å².